The topological polar surface area (TPSA) is 83.6 Å². The van der Waals surface area contributed by atoms with E-state index < -0.39 is 11.9 Å². The highest BCUT2D eigenvalue weighted by Crippen LogP contribution is 2.20. The first-order valence-corrected chi connectivity index (χ1v) is 12.6. The van der Waals surface area contributed by atoms with Crippen LogP contribution < -0.4 is 15.4 Å². The molecule has 1 aliphatic heterocycles. The Bertz CT molecular complexity index is 1180. The summed E-state index contributed by atoms with van der Waals surface area (Å²) < 4.78 is 20.2. The molecule has 7 nitrogen and oxygen atoms in total. The van der Waals surface area contributed by atoms with Crippen LogP contribution in [-0.4, -0.2) is 53.5 Å². The van der Waals surface area contributed by atoms with Crippen molar-refractivity contribution >= 4 is 11.8 Å². The summed E-state index contributed by atoms with van der Waals surface area (Å²) in [6.45, 7) is 3.68. The van der Waals surface area contributed by atoms with Gasteiger partial charge in [-0.3, -0.25) is 14.6 Å². The second kappa shape index (κ2) is 13.0. The number of hydrogen-bond donors (Lipinski definition) is 2. The fourth-order valence-electron chi connectivity index (χ4n) is 4.64. The Morgan fingerprint density at radius 3 is 2.73 bits per heavy atom. The minimum atomic E-state index is -0.432. The molecule has 2 aromatic carbocycles. The van der Waals surface area contributed by atoms with Crippen molar-refractivity contribution < 1.29 is 18.7 Å². The van der Waals surface area contributed by atoms with Gasteiger partial charge in [-0.05, 0) is 47.7 Å². The maximum atomic E-state index is 14.4. The van der Waals surface area contributed by atoms with E-state index in [1.807, 2.05) is 47.4 Å². The number of rotatable bonds is 11. The number of aromatic nitrogens is 1. The summed E-state index contributed by atoms with van der Waals surface area (Å²) in [6, 6.07) is 17.5. The molecule has 0 spiro atoms. The molecule has 1 aromatic heterocycles. The van der Waals surface area contributed by atoms with E-state index in [1.54, 1.807) is 18.5 Å². The number of amides is 2. The summed E-state index contributed by atoms with van der Waals surface area (Å²) in [7, 11) is 0. The van der Waals surface area contributed by atoms with Crippen molar-refractivity contribution in [2.75, 3.05) is 19.7 Å². The molecule has 0 saturated carbocycles. The van der Waals surface area contributed by atoms with Gasteiger partial charge < -0.3 is 20.3 Å². The number of carbonyl (C=O) groups excluding carboxylic acids is 2. The van der Waals surface area contributed by atoms with Crippen molar-refractivity contribution in [2.24, 2.45) is 0 Å². The predicted molar refractivity (Wildman–Crippen MR) is 139 cm³/mol. The number of halogens is 1. The Morgan fingerprint density at radius 1 is 1.16 bits per heavy atom. The van der Waals surface area contributed by atoms with Crippen LogP contribution >= 0.6 is 0 Å². The van der Waals surface area contributed by atoms with Gasteiger partial charge in [0.15, 0.2) is 0 Å². The molecular formula is C29H33FN4O3. The standard InChI is InChI=1S/C29H33FN4O3/c1-21(35)33-26(18-28-29(36)34(12-11-32-28)20-23-6-3-2-4-7-23)15-24-14-25(30)17-27(16-24)37-13-9-22-8-5-10-31-19-22/h2-8,10,14,16-17,19,26,28,32H,9,11-13,15,18,20H2,1H3,(H,33,35)/t26-,28-/m0/s1. The quantitative estimate of drug-likeness (QED) is 0.419. The third-order valence-corrected chi connectivity index (χ3v) is 6.32. The molecule has 2 N–H and O–H groups in total. The molecule has 3 aromatic rings. The van der Waals surface area contributed by atoms with Gasteiger partial charge in [0, 0.05) is 57.5 Å². The van der Waals surface area contributed by atoms with Crippen molar-refractivity contribution in [1.82, 2.24) is 20.5 Å². The fourth-order valence-corrected chi connectivity index (χ4v) is 4.64. The van der Waals surface area contributed by atoms with E-state index in [9.17, 15) is 14.0 Å². The van der Waals surface area contributed by atoms with Crippen molar-refractivity contribution in [3.05, 3.63) is 95.6 Å². The van der Waals surface area contributed by atoms with Crippen LogP contribution in [0.3, 0.4) is 0 Å². The van der Waals surface area contributed by atoms with Crippen molar-refractivity contribution in [3.63, 3.8) is 0 Å². The molecule has 0 aliphatic carbocycles. The van der Waals surface area contributed by atoms with E-state index >= 15 is 0 Å². The number of nitrogens with zero attached hydrogens (tertiary/aromatic N) is 2. The van der Waals surface area contributed by atoms with Gasteiger partial charge in [0.1, 0.15) is 11.6 Å². The second-order valence-corrected chi connectivity index (χ2v) is 9.34. The lowest BCUT2D eigenvalue weighted by molar-refractivity contribution is -0.137. The Morgan fingerprint density at radius 2 is 1.97 bits per heavy atom. The van der Waals surface area contributed by atoms with Crippen LogP contribution in [0.4, 0.5) is 4.39 Å². The number of hydrogen-bond acceptors (Lipinski definition) is 5. The summed E-state index contributed by atoms with van der Waals surface area (Å²) in [4.78, 5) is 31.1. The average Bonchev–Trinajstić information content (AvgIpc) is 2.87. The van der Waals surface area contributed by atoms with Gasteiger partial charge in [-0.1, -0.05) is 36.4 Å². The van der Waals surface area contributed by atoms with Gasteiger partial charge in [0.2, 0.25) is 11.8 Å². The smallest absolute Gasteiger partial charge is 0.240 e. The third-order valence-electron chi connectivity index (χ3n) is 6.32. The molecule has 8 heteroatoms. The zero-order valence-electron chi connectivity index (χ0n) is 21.0. The van der Waals surface area contributed by atoms with Gasteiger partial charge >= 0.3 is 0 Å². The molecule has 2 amide bonds. The minimum Gasteiger partial charge on any atom is -0.493 e. The van der Waals surface area contributed by atoms with E-state index in [0.29, 0.717) is 56.8 Å². The van der Waals surface area contributed by atoms with Crippen LogP contribution in [0.1, 0.15) is 30.0 Å². The van der Waals surface area contributed by atoms with Gasteiger partial charge in [-0.15, -0.1) is 0 Å². The summed E-state index contributed by atoms with van der Waals surface area (Å²) in [5.74, 6) is -0.166. The second-order valence-electron chi connectivity index (χ2n) is 9.34. The minimum absolute atomic E-state index is 0.00382. The normalized spacial score (nSPS) is 16.3. The third kappa shape index (κ3) is 8.11. The lowest BCUT2D eigenvalue weighted by Crippen LogP contribution is -2.56. The molecule has 0 unspecified atom stereocenters. The molecule has 0 bridgehead atoms. The maximum Gasteiger partial charge on any atom is 0.240 e. The van der Waals surface area contributed by atoms with Gasteiger partial charge in [0.05, 0.1) is 12.6 Å². The van der Waals surface area contributed by atoms with E-state index in [-0.39, 0.29) is 17.9 Å². The number of benzene rings is 2. The molecule has 4 rings (SSSR count). The van der Waals surface area contributed by atoms with Crippen LogP contribution in [0.15, 0.2) is 73.1 Å². The van der Waals surface area contributed by atoms with E-state index in [4.69, 9.17) is 4.74 Å². The zero-order chi connectivity index (χ0) is 26.0. The Labute approximate surface area is 217 Å². The molecule has 1 saturated heterocycles. The largest absolute Gasteiger partial charge is 0.493 e. The summed E-state index contributed by atoms with van der Waals surface area (Å²) >= 11 is 0. The van der Waals surface area contributed by atoms with Crippen molar-refractivity contribution in [2.45, 2.75) is 44.8 Å². The number of carbonyl (C=O) groups is 2. The summed E-state index contributed by atoms with van der Waals surface area (Å²) in [6.07, 6.45) is 4.92. The van der Waals surface area contributed by atoms with Crippen LogP contribution in [0.2, 0.25) is 0 Å². The number of nitrogens with one attached hydrogen (secondary N) is 2. The van der Waals surface area contributed by atoms with Gasteiger partial charge in [0.25, 0.3) is 0 Å². The summed E-state index contributed by atoms with van der Waals surface area (Å²) in [5.41, 5.74) is 2.81. The molecule has 37 heavy (non-hydrogen) atoms. The Balaban J connectivity index is 1.39. The van der Waals surface area contributed by atoms with Crippen molar-refractivity contribution in [3.8, 4) is 5.75 Å². The van der Waals surface area contributed by atoms with E-state index in [2.05, 4.69) is 15.6 Å². The fraction of sp³-hybridized carbons (Fsp3) is 0.345. The van der Waals surface area contributed by atoms with E-state index in [0.717, 1.165) is 11.1 Å². The molecule has 194 valence electrons. The first kappa shape index (κ1) is 26.3. The first-order valence-electron chi connectivity index (χ1n) is 12.6. The van der Waals surface area contributed by atoms with E-state index in [1.165, 1.54) is 19.1 Å². The predicted octanol–water partition coefficient (Wildman–Crippen LogP) is 3.28. The average molecular weight is 505 g/mol. The number of ether oxygens (including phenoxy) is 1. The van der Waals surface area contributed by atoms with Crippen LogP contribution in [-0.2, 0) is 29.0 Å². The van der Waals surface area contributed by atoms with Gasteiger partial charge in [-0.2, -0.15) is 0 Å². The SMILES string of the molecule is CC(=O)N[C@@H](Cc1cc(F)cc(OCCc2cccnc2)c1)C[C@@H]1NCCN(Cc2ccccc2)C1=O. The highest BCUT2D eigenvalue weighted by atomic mass is 19.1. The Kier molecular flexibility index (Phi) is 9.21. The summed E-state index contributed by atoms with van der Waals surface area (Å²) in [5, 5.41) is 6.24. The molecular weight excluding hydrogens is 471 g/mol. The molecule has 2 atom stereocenters. The van der Waals surface area contributed by atoms with Crippen molar-refractivity contribution in [1.29, 1.82) is 0 Å². The molecule has 1 fully saturated rings. The molecule has 1 aliphatic rings. The first-order chi connectivity index (χ1) is 18.0. The van der Waals surface area contributed by atoms with Crippen LogP contribution in [0.5, 0.6) is 5.75 Å². The van der Waals surface area contributed by atoms with Gasteiger partial charge in [-0.25, -0.2) is 4.39 Å². The number of pyridine rings is 1. The lowest BCUT2D eigenvalue weighted by atomic mass is 9.97. The Hall–Kier alpha value is -3.78. The lowest BCUT2D eigenvalue weighted by Gasteiger charge is -2.35. The molecule has 0 radical (unpaired) electrons. The maximum absolute atomic E-state index is 14.4. The zero-order valence-corrected chi connectivity index (χ0v) is 21.0. The van der Waals surface area contributed by atoms with Crippen LogP contribution in [0, 0.1) is 5.82 Å². The number of piperazine rings is 1. The highest BCUT2D eigenvalue weighted by molar-refractivity contribution is 5.83. The van der Waals surface area contributed by atoms with Crippen LogP contribution in [0.25, 0.3) is 0 Å². The molecule has 2 heterocycles. The highest BCUT2D eigenvalue weighted by Gasteiger charge is 2.31. The monoisotopic (exact) mass is 504 g/mol.